The molecule has 2 heterocycles. The molecular formula is C17H21N5O2. The zero-order chi connectivity index (χ0) is 16.8. The van der Waals surface area contributed by atoms with Gasteiger partial charge in [-0.1, -0.05) is 0 Å². The Bertz CT molecular complexity index is 684. The van der Waals surface area contributed by atoms with Gasteiger partial charge in [-0.15, -0.1) is 0 Å². The molecule has 1 aromatic carbocycles. The second-order valence-electron chi connectivity index (χ2n) is 5.69. The normalized spacial score (nSPS) is 16.6. The number of rotatable bonds is 6. The number of benzene rings is 1. The van der Waals surface area contributed by atoms with Crippen LogP contribution in [0.5, 0.6) is 0 Å². The Balaban J connectivity index is 1.58. The monoisotopic (exact) mass is 327 g/mol. The van der Waals surface area contributed by atoms with Crippen LogP contribution in [0.3, 0.4) is 0 Å². The fourth-order valence-electron chi connectivity index (χ4n) is 2.53. The molecule has 2 aromatic rings. The molecule has 3 rings (SSSR count). The summed E-state index contributed by atoms with van der Waals surface area (Å²) < 4.78 is 5.59. The third-order valence-electron chi connectivity index (χ3n) is 3.68. The van der Waals surface area contributed by atoms with E-state index in [2.05, 4.69) is 25.9 Å². The van der Waals surface area contributed by atoms with Crippen molar-refractivity contribution in [1.29, 1.82) is 0 Å². The van der Waals surface area contributed by atoms with Crippen molar-refractivity contribution in [3.63, 3.8) is 0 Å². The first-order valence-corrected chi connectivity index (χ1v) is 8.01. The Morgan fingerprint density at radius 3 is 2.67 bits per heavy atom. The lowest BCUT2D eigenvalue weighted by molar-refractivity contribution is -0.114. The van der Waals surface area contributed by atoms with Gasteiger partial charge in [-0.3, -0.25) is 4.79 Å². The van der Waals surface area contributed by atoms with E-state index in [-0.39, 0.29) is 12.0 Å². The molecule has 0 aliphatic carbocycles. The van der Waals surface area contributed by atoms with Crippen LogP contribution in [0.2, 0.25) is 0 Å². The molecule has 7 nitrogen and oxygen atoms in total. The van der Waals surface area contributed by atoms with Gasteiger partial charge in [0.1, 0.15) is 18.0 Å². The van der Waals surface area contributed by atoms with Gasteiger partial charge in [-0.05, 0) is 37.1 Å². The standard InChI is InChI=1S/C17H21N5O2/c1-12(23)21-13-4-6-14(7-5-13)22-17-9-16(19-11-20-17)18-10-15-3-2-8-24-15/h4-7,9,11,15H,2-3,8,10H2,1H3,(H,21,23)(H2,18,19,20,22). The van der Waals surface area contributed by atoms with Crippen molar-refractivity contribution in [3.05, 3.63) is 36.7 Å². The van der Waals surface area contributed by atoms with Crippen LogP contribution in [0.4, 0.5) is 23.0 Å². The molecule has 1 aliphatic rings. The number of nitrogens with zero attached hydrogens (tertiary/aromatic N) is 2. The third kappa shape index (κ3) is 4.66. The number of carbonyl (C=O) groups is 1. The van der Waals surface area contributed by atoms with Crippen LogP contribution in [0.25, 0.3) is 0 Å². The molecule has 0 spiro atoms. The van der Waals surface area contributed by atoms with E-state index >= 15 is 0 Å². The minimum absolute atomic E-state index is 0.0894. The van der Waals surface area contributed by atoms with E-state index < -0.39 is 0 Å². The number of ether oxygens (including phenoxy) is 1. The molecule has 1 fully saturated rings. The Morgan fingerprint density at radius 2 is 1.96 bits per heavy atom. The number of carbonyl (C=O) groups excluding carboxylic acids is 1. The van der Waals surface area contributed by atoms with Gasteiger partial charge >= 0.3 is 0 Å². The van der Waals surface area contributed by atoms with E-state index in [4.69, 9.17) is 4.74 Å². The van der Waals surface area contributed by atoms with Crippen LogP contribution in [-0.4, -0.2) is 35.1 Å². The van der Waals surface area contributed by atoms with Crippen molar-refractivity contribution in [1.82, 2.24) is 9.97 Å². The van der Waals surface area contributed by atoms with Crippen LogP contribution in [0.15, 0.2) is 36.7 Å². The Hall–Kier alpha value is -2.67. The van der Waals surface area contributed by atoms with E-state index in [1.165, 1.54) is 13.3 Å². The van der Waals surface area contributed by atoms with Gasteiger partial charge < -0.3 is 20.7 Å². The van der Waals surface area contributed by atoms with Gasteiger partial charge in [0.05, 0.1) is 6.10 Å². The molecule has 0 radical (unpaired) electrons. The molecule has 7 heteroatoms. The lowest BCUT2D eigenvalue weighted by atomic mass is 10.2. The fraction of sp³-hybridized carbons (Fsp3) is 0.353. The average molecular weight is 327 g/mol. The first kappa shape index (κ1) is 16.2. The summed E-state index contributed by atoms with van der Waals surface area (Å²) in [6, 6.07) is 9.29. The van der Waals surface area contributed by atoms with Crippen molar-refractivity contribution in [2.75, 3.05) is 29.1 Å². The van der Waals surface area contributed by atoms with Crippen molar-refractivity contribution < 1.29 is 9.53 Å². The molecule has 24 heavy (non-hydrogen) atoms. The predicted octanol–water partition coefficient (Wildman–Crippen LogP) is 2.77. The van der Waals surface area contributed by atoms with Crippen LogP contribution >= 0.6 is 0 Å². The quantitative estimate of drug-likeness (QED) is 0.756. The highest BCUT2D eigenvalue weighted by Gasteiger charge is 2.15. The molecule has 1 aliphatic heterocycles. The number of nitrogens with one attached hydrogen (secondary N) is 3. The third-order valence-corrected chi connectivity index (χ3v) is 3.68. The lowest BCUT2D eigenvalue weighted by Gasteiger charge is -2.12. The van der Waals surface area contributed by atoms with Gasteiger partial charge in [0, 0.05) is 37.5 Å². The molecule has 0 bridgehead atoms. The smallest absolute Gasteiger partial charge is 0.221 e. The summed E-state index contributed by atoms with van der Waals surface area (Å²) in [5.41, 5.74) is 1.64. The van der Waals surface area contributed by atoms with E-state index in [1.807, 2.05) is 30.3 Å². The molecule has 0 saturated carbocycles. The second-order valence-corrected chi connectivity index (χ2v) is 5.69. The maximum absolute atomic E-state index is 11.0. The lowest BCUT2D eigenvalue weighted by Crippen LogP contribution is -2.19. The zero-order valence-corrected chi connectivity index (χ0v) is 13.6. The number of hydrogen-bond donors (Lipinski definition) is 3. The van der Waals surface area contributed by atoms with Crippen molar-refractivity contribution in [2.45, 2.75) is 25.9 Å². The highest BCUT2D eigenvalue weighted by atomic mass is 16.5. The van der Waals surface area contributed by atoms with Crippen molar-refractivity contribution in [2.24, 2.45) is 0 Å². The van der Waals surface area contributed by atoms with E-state index in [0.717, 1.165) is 43.2 Å². The van der Waals surface area contributed by atoms with E-state index in [0.29, 0.717) is 5.82 Å². The summed E-state index contributed by atoms with van der Waals surface area (Å²) in [7, 11) is 0. The highest BCUT2D eigenvalue weighted by molar-refractivity contribution is 5.88. The number of hydrogen-bond acceptors (Lipinski definition) is 6. The fourth-order valence-corrected chi connectivity index (χ4v) is 2.53. The van der Waals surface area contributed by atoms with Gasteiger partial charge in [-0.25, -0.2) is 9.97 Å². The molecule has 3 N–H and O–H groups in total. The van der Waals surface area contributed by atoms with E-state index in [9.17, 15) is 4.79 Å². The zero-order valence-electron chi connectivity index (χ0n) is 13.6. The van der Waals surface area contributed by atoms with Gasteiger partial charge in [0.25, 0.3) is 0 Å². The van der Waals surface area contributed by atoms with Crippen LogP contribution in [0, 0.1) is 0 Å². The molecule has 1 saturated heterocycles. The maximum atomic E-state index is 11.0. The summed E-state index contributed by atoms with van der Waals surface area (Å²) in [5.74, 6) is 1.37. The first-order valence-electron chi connectivity index (χ1n) is 8.01. The average Bonchev–Trinajstić information content (AvgIpc) is 3.08. The van der Waals surface area contributed by atoms with E-state index in [1.54, 1.807) is 0 Å². The summed E-state index contributed by atoms with van der Waals surface area (Å²) in [4.78, 5) is 19.5. The minimum Gasteiger partial charge on any atom is -0.376 e. The molecule has 1 aromatic heterocycles. The van der Waals surface area contributed by atoms with Crippen LogP contribution in [0.1, 0.15) is 19.8 Å². The van der Waals surface area contributed by atoms with Gasteiger partial charge in [-0.2, -0.15) is 0 Å². The van der Waals surface area contributed by atoms with Gasteiger partial charge in [0.15, 0.2) is 0 Å². The topological polar surface area (TPSA) is 88.2 Å². The van der Waals surface area contributed by atoms with Gasteiger partial charge in [0.2, 0.25) is 5.91 Å². The Labute approximate surface area is 140 Å². The first-order chi connectivity index (χ1) is 11.7. The predicted molar refractivity (Wildman–Crippen MR) is 93.5 cm³/mol. The molecule has 1 atom stereocenters. The minimum atomic E-state index is -0.0894. The van der Waals surface area contributed by atoms with Crippen LogP contribution < -0.4 is 16.0 Å². The largest absolute Gasteiger partial charge is 0.376 e. The summed E-state index contributed by atoms with van der Waals surface area (Å²) in [6.07, 6.45) is 3.99. The van der Waals surface area contributed by atoms with Crippen molar-refractivity contribution in [3.8, 4) is 0 Å². The number of aromatic nitrogens is 2. The molecule has 1 unspecified atom stereocenters. The summed E-state index contributed by atoms with van der Waals surface area (Å²) >= 11 is 0. The molecule has 1 amide bonds. The SMILES string of the molecule is CC(=O)Nc1ccc(Nc2cc(NCC3CCCO3)ncn2)cc1. The maximum Gasteiger partial charge on any atom is 0.221 e. The summed E-state index contributed by atoms with van der Waals surface area (Å²) in [5, 5.41) is 9.23. The summed E-state index contributed by atoms with van der Waals surface area (Å²) in [6.45, 7) is 3.08. The van der Waals surface area contributed by atoms with Crippen molar-refractivity contribution >= 4 is 28.9 Å². The number of amides is 1. The molecular weight excluding hydrogens is 306 g/mol. The highest BCUT2D eigenvalue weighted by Crippen LogP contribution is 2.19. The second kappa shape index (κ2) is 7.74. The Kier molecular flexibility index (Phi) is 5.22. The molecule has 126 valence electrons. The Morgan fingerprint density at radius 1 is 1.21 bits per heavy atom. The van der Waals surface area contributed by atoms with Crippen LogP contribution in [-0.2, 0) is 9.53 Å². The number of anilines is 4.